The van der Waals surface area contributed by atoms with Gasteiger partial charge in [0.2, 0.25) is 0 Å². The van der Waals surface area contributed by atoms with Gasteiger partial charge >= 0.3 is 0 Å². The molecule has 0 bridgehead atoms. The second-order valence-electron chi connectivity index (χ2n) is 7.71. The van der Waals surface area contributed by atoms with Gasteiger partial charge in [0.25, 0.3) is 0 Å². The lowest BCUT2D eigenvalue weighted by molar-refractivity contribution is 0.0127. The minimum atomic E-state index is 0.0376. The quantitative estimate of drug-likeness (QED) is 0.488. The Morgan fingerprint density at radius 3 is 2.27 bits per heavy atom. The van der Waals surface area contributed by atoms with Crippen molar-refractivity contribution < 1.29 is 4.74 Å². The van der Waals surface area contributed by atoms with E-state index in [4.69, 9.17) is 4.74 Å². The van der Waals surface area contributed by atoms with Crippen LogP contribution in [0, 0.1) is 5.92 Å². The Morgan fingerprint density at radius 1 is 1.00 bits per heavy atom. The first-order valence-electron chi connectivity index (χ1n) is 8.98. The Kier molecular flexibility index (Phi) is 8.17. The minimum absolute atomic E-state index is 0.0376. The summed E-state index contributed by atoms with van der Waals surface area (Å²) in [6.45, 7) is 11.3. The minimum Gasteiger partial charge on any atom is -0.379 e. The monoisotopic (exact) mass is 304 g/mol. The van der Waals surface area contributed by atoms with E-state index in [-0.39, 0.29) is 5.60 Å². The number of methoxy groups -OCH3 is 1. The van der Waals surface area contributed by atoms with Crippen LogP contribution in [-0.4, -0.2) is 12.7 Å². The zero-order valence-corrected chi connectivity index (χ0v) is 15.6. The molecule has 1 rings (SSSR count). The molecule has 0 spiro atoms. The lowest BCUT2D eigenvalue weighted by Crippen LogP contribution is -2.22. The van der Waals surface area contributed by atoms with Gasteiger partial charge in [0, 0.05) is 7.11 Å². The molecular formula is C21H36O. The number of hydrogen-bond acceptors (Lipinski definition) is 1. The summed E-state index contributed by atoms with van der Waals surface area (Å²) in [4.78, 5) is 0. The fraction of sp³-hybridized carbons (Fsp3) is 0.714. The van der Waals surface area contributed by atoms with Gasteiger partial charge in [0.05, 0.1) is 5.60 Å². The van der Waals surface area contributed by atoms with Gasteiger partial charge in [-0.05, 0) is 56.1 Å². The highest BCUT2D eigenvalue weighted by Gasteiger charge is 2.16. The lowest BCUT2D eigenvalue weighted by atomic mass is 9.90. The van der Waals surface area contributed by atoms with Gasteiger partial charge in [-0.2, -0.15) is 0 Å². The van der Waals surface area contributed by atoms with Crippen molar-refractivity contribution in [3.05, 3.63) is 35.4 Å². The number of benzene rings is 1. The average molecular weight is 305 g/mol. The predicted octanol–water partition coefficient (Wildman–Crippen LogP) is 6.36. The fourth-order valence-corrected chi connectivity index (χ4v) is 3.09. The van der Waals surface area contributed by atoms with E-state index in [1.807, 2.05) is 7.11 Å². The summed E-state index contributed by atoms with van der Waals surface area (Å²) in [5, 5.41) is 0. The van der Waals surface area contributed by atoms with Crippen molar-refractivity contribution in [2.45, 2.75) is 84.7 Å². The highest BCUT2D eigenvalue weighted by Crippen LogP contribution is 2.24. The standard InChI is InChI=1S/C21H36O/c1-17(2)20-15-8-7-13-19(20)14-9-11-18(3)12-10-16-21(4,5)22-6/h7-8,13,15,17-18H,9-12,14,16H2,1-6H3. The Labute approximate surface area is 138 Å². The molecule has 1 aromatic carbocycles. The first-order valence-corrected chi connectivity index (χ1v) is 8.98. The summed E-state index contributed by atoms with van der Waals surface area (Å²) < 4.78 is 5.49. The van der Waals surface area contributed by atoms with E-state index in [9.17, 15) is 0 Å². The van der Waals surface area contributed by atoms with Crippen molar-refractivity contribution in [1.82, 2.24) is 0 Å². The first kappa shape index (κ1) is 19.2. The molecule has 0 aromatic heterocycles. The van der Waals surface area contributed by atoms with E-state index >= 15 is 0 Å². The molecule has 0 aliphatic rings. The summed E-state index contributed by atoms with van der Waals surface area (Å²) in [5.74, 6) is 1.45. The summed E-state index contributed by atoms with van der Waals surface area (Å²) in [7, 11) is 1.82. The van der Waals surface area contributed by atoms with Crippen molar-refractivity contribution in [3.8, 4) is 0 Å². The van der Waals surface area contributed by atoms with Crippen LogP contribution >= 0.6 is 0 Å². The molecule has 1 unspecified atom stereocenters. The van der Waals surface area contributed by atoms with Crippen LogP contribution in [0.1, 0.15) is 83.8 Å². The van der Waals surface area contributed by atoms with E-state index < -0.39 is 0 Å². The van der Waals surface area contributed by atoms with Crippen LogP contribution in [0.25, 0.3) is 0 Å². The maximum absolute atomic E-state index is 5.49. The van der Waals surface area contributed by atoms with E-state index in [0.29, 0.717) is 5.92 Å². The number of rotatable bonds is 10. The molecule has 0 aliphatic heterocycles. The summed E-state index contributed by atoms with van der Waals surface area (Å²) in [6.07, 6.45) is 7.61. The highest BCUT2D eigenvalue weighted by molar-refractivity contribution is 5.29. The Morgan fingerprint density at radius 2 is 1.64 bits per heavy atom. The molecule has 1 nitrogen and oxygen atoms in total. The van der Waals surface area contributed by atoms with Crippen LogP contribution in [-0.2, 0) is 11.2 Å². The SMILES string of the molecule is COC(C)(C)CCCC(C)CCCc1ccccc1C(C)C. The second-order valence-corrected chi connectivity index (χ2v) is 7.71. The molecular weight excluding hydrogens is 268 g/mol. The molecule has 1 heteroatoms. The van der Waals surface area contributed by atoms with Gasteiger partial charge in [-0.1, -0.05) is 64.3 Å². The van der Waals surface area contributed by atoms with E-state index in [0.717, 1.165) is 12.3 Å². The molecule has 0 fully saturated rings. The molecule has 0 saturated heterocycles. The summed E-state index contributed by atoms with van der Waals surface area (Å²) >= 11 is 0. The Balaban J connectivity index is 2.29. The van der Waals surface area contributed by atoms with Gasteiger partial charge in [-0.3, -0.25) is 0 Å². The third-order valence-corrected chi connectivity index (χ3v) is 4.85. The molecule has 1 aromatic rings. The number of ether oxygens (including phenoxy) is 1. The van der Waals surface area contributed by atoms with Crippen molar-refractivity contribution in [2.24, 2.45) is 5.92 Å². The average Bonchev–Trinajstić information content (AvgIpc) is 2.47. The van der Waals surface area contributed by atoms with Crippen LogP contribution in [0.2, 0.25) is 0 Å². The van der Waals surface area contributed by atoms with Gasteiger partial charge in [-0.25, -0.2) is 0 Å². The normalized spacial score (nSPS) is 13.6. The van der Waals surface area contributed by atoms with Crippen molar-refractivity contribution in [3.63, 3.8) is 0 Å². The van der Waals surface area contributed by atoms with Crippen molar-refractivity contribution >= 4 is 0 Å². The molecule has 0 radical (unpaired) electrons. The van der Waals surface area contributed by atoms with Crippen LogP contribution in [0.4, 0.5) is 0 Å². The smallest absolute Gasteiger partial charge is 0.0622 e. The van der Waals surface area contributed by atoms with Gasteiger partial charge in [0.15, 0.2) is 0 Å². The maximum atomic E-state index is 5.49. The van der Waals surface area contributed by atoms with E-state index in [2.05, 4.69) is 58.9 Å². The Bertz CT molecular complexity index is 420. The van der Waals surface area contributed by atoms with Gasteiger partial charge in [0.1, 0.15) is 0 Å². The molecule has 126 valence electrons. The molecule has 0 heterocycles. The zero-order valence-electron chi connectivity index (χ0n) is 15.6. The Hall–Kier alpha value is -0.820. The lowest BCUT2D eigenvalue weighted by Gasteiger charge is -2.23. The van der Waals surface area contributed by atoms with Crippen LogP contribution in [0.5, 0.6) is 0 Å². The summed E-state index contributed by atoms with van der Waals surface area (Å²) in [5.41, 5.74) is 3.11. The first-order chi connectivity index (χ1) is 10.4. The second kappa shape index (κ2) is 9.35. The number of aryl methyl sites for hydroxylation is 1. The largest absolute Gasteiger partial charge is 0.379 e. The molecule has 1 atom stereocenters. The predicted molar refractivity (Wildman–Crippen MR) is 97.6 cm³/mol. The molecule has 0 amide bonds. The van der Waals surface area contributed by atoms with E-state index in [1.165, 1.54) is 37.7 Å². The molecule has 22 heavy (non-hydrogen) atoms. The highest BCUT2D eigenvalue weighted by atomic mass is 16.5. The van der Waals surface area contributed by atoms with Crippen LogP contribution in [0.15, 0.2) is 24.3 Å². The maximum Gasteiger partial charge on any atom is 0.0622 e. The summed E-state index contributed by atoms with van der Waals surface area (Å²) in [6, 6.07) is 8.94. The van der Waals surface area contributed by atoms with E-state index in [1.54, 1.807) is 5.56 Å². The topological polar surface area (TPSA) is 9.23 Å². The van der Waals surface area contributed by atoms with Crippen molar-refractivity contribution in [1.29, 1.82) is 0 Å². The van der Waals surface area contributed by atoms with Crippen LogP contribution < -0.4 is 0 Å². The third kappa shape index (κ3) is 6.96. The zero-order chi connectivity index (χ0) is 16.6. The molecule has 0 aliphatic carbocycles. The van der Waals surface area contributed by atoms with Gasteiger partial charge in [-0.15, -0.1) is 0 Å². The molecule has 0 N–H and O–H groups in total. The fourth-order valence-electron chi connectivity index (χ4n) is 3.09. The van der Waals surface area contributed by atoms with Crippen molar-refractivity contribution in [2.75, 3.05) is 7.11 Å². The van der Waals surface area contributed by atoms with Gasteiger partial charge < -0.3 is 4.74 Å². The van der Waals surface area contributed by atoms with Crippen LogP contribution in [0.3, 0.4) is 0 Å². The molecule has 0 saturated carbocycles. The third-order valence-electron chi connectivity index (χ3n) is 4.85. The number of hydrogen-bond donors (Lipinski definition) is 0.